The second kappa shape index (κ2) is 9.59. The summed E-state index contributed by atoms with van der Waals surface area (Å²) in [6, 6.07) is 8.62. The molecule has 0 aliphatic carbocycles. The van der Waals surface area contributed by atoms with Crippen molar-refractivity contribution in [3.63, 3.8) is 0 Å². The molecule has 0 bridgehead atoms. The van der Waals surface area contributed by atoms with E-state index < -0.39 is 0 Å². The molecule has 0 amide bonds. The minimum absolute atomic E-state index is 0.149. The van der Waals surface area contributed by atoms with Gasteiger partial charge in [-0.15, -0.1) is 0 Å². The van der Waals surface area contributed by atoms with Crippen molar-refractivity contribution in [3.05, 3.63) is 65.5 Å². The van der Waals surface area contributed by atoms with Crippen LogP contribution in [0.1, 0.15) is 51.4 Å². The molecule has 0 spiro atoms. The van der Waals surface area contributed by atoms with Crippen LogP contribution in [-0.4, -0.2) is 22.7 Å². The number of allylic oxidation sites excluding steroid dienone is 1. The van der Waals surface area contributed by atoms with Crippen LogP contribution < -0.4 is 10.6 Å². The Morgan fingerprint density at radius 1 is 1.24 bits per heavy atom. The lowest BCUT2D eigenvalue weighted by Gasteiger charge is -2.23. The van der Waals surface area contributed by atoms with E-state index in [0.717, 1.165) is 41.4 Å². The van der Waals surface area contributed by atoms with Gasteiger partial charge in [0.2, 0.25) is 0 Å². The van der Waals surface area contributed by atoms with Crippen LogP contribution >= 0.6 is 0 Å². The molecular formula is C24H35N5. The molecule has 2 N–H and O–H groups in total. The summed E-state index contributed by atoms with van der Waals surface area (Å²) in [6.07, 6.45) is 5.49. The van der Waals surface area contributed by atoms with E-state index in [2.05, 4.69) is 74.2 Å². The van der Waals surface area contributed by atoms with Crippen LogP contribution in [0.2, 0.25) is 0 Å². The van der Waals surface area contributed by atoms with Crippen LogP contribution in [0.15, 0.2) is 53.7 Å². The Hall–Kier alpha value is -2.82. The number of amidine groups is 1. The Kier molecular flexibility index (Phi) is 7.43. The third-order valence-electron chi connectivity index (χ3n) is 4.69. The van der Waals surface area contributed by atoms with Crippen molar-refractivity contribution in [1.29, 1.82) is 0 Å². The lowest BCUT2D eigenvalue weighted by atomic mass is 10.0. The number of aliphatic imine (C=N–C) groups is 1. The predicted molar refractivity (Wildman–Crippen MR) is 126 cm³/mol. The number of aromatic nitrogens is 2. The summed E-state index contributed by atoms with van der Waals surface area (Å²) in [6.45, 7) is 16.6. The number of anilines is 2. The molecule has 5 nitrogen and oxygen atoms in total. The lowest BCUT2D eigenvalue weighted by Crippen LogP contribution is -2.27. The highest BCUT2D eigenvalue weighted by molar-refractivity contribution is 6.07. The third kappa shape index (κ3) is 6.08. The van der Waals surface area contributed by atoms with Gasteiger partial charge in [0, 0.05) is 25.0 Å². The zero-order valence-corrected chi connectivity index (χ0v) is 18.9. The summed E-state index contributed by atoms with van der Waals surface area (Å²) in [5.74, 6) is 1.68. The van der Waals surface area contributed by atoms with Crippen molar-refractivity contribution >= 4 is 17.3 Å². The molecule has 156 valence electrons. The van der Waals surface area contributed by atoms with Gasteiger partial charge in [0.25, 0.3) is 0 Å². The maximum absolute atomic E-state index is 4.90. The van der Waals surface area contributed by atoms with E-state index in [0.29, 0.717) is 0 Å². The van der Waals surface area contributed by atoms with Crippen molar-refractivity contribution < 1.29 is 0 Å². The van der Waals surface area contributed by atoms with Gasteiger partial charge in [-0.2, -0.15) is 5.10 Å². The van der Waals surface area contributed by atoms with E-state index in [1.807, 2.05) is 31.7 Å². The normalized spacial score (nSPS) is 12.4. The van der Waals surface area contributed by atoms with Gasteiger partial charge in [-0.1, -0.05) is 18.7 Å². The topological polar surface area (TPSA) is 54.2 Å². The second-order valence-electron chi connectivity index (χ2n) is 8.36. The Morgan fingerprint density at radius 2 is 1.97 bits per heavy atom. The molecule has 0 radical (unpaired) electrons. The molecule has 1 aromatic carbocycles. The first kappa shape index (κ1) is 22.5. The van der Waals surface area contributed by atoms with Gasteiger partial charge in [-0.25, -0.2) is 9.67 Å². The second-order valence-corrected chi connectivity index (χ2v) is 8.36. The van der Waals surface area contributed by atoms with Crippen molar-refractivity contribution in [1.82, 2.24) is 9.78 Å². The number of nitrogens with one attached hydrogen (secondary N) is 2. The van der Waals surface area contributed by atoms with Gasteiger partial charge in [0.05, 0.1) is 11.2 Å². The first-order valence-electron chi connectivity index (χ1n) is 10.1. The van der Waals surface area contributed by atoms with Crippen LogP contribution in [0.25, 0.3) is 0 Å². The fourth-order valence-electron chi connectivity index (χ4n) is 3.03. The molecule has 1 heterocycles. The highest BCUT2D eigenvalue weighted by Crippen LogP contribution is 2.24. The molecule has 1 aromatic heterocycles. The average molecular weight is 394 g/mol. The summed E-state index contributed by atoms with van der Waals surface area (Å²) in [4.78, 5) is 4.47. The molecule has 5 heteroatoms. The van der Waals surface area contributed by atoms with E-state index in [-0.39, 0.29) is 5.54 Å². The number of hydrogen-bond acceptors (Lipinski definition) is 3. The van der Waals surface area contributed by atoms with Crippen LogP contribution in [-0.2, 0) is 18.4 Å². The average Bonchev–Trinajstić information content (AvgIpc) is 3.07. The molecule has 0 saturated heterocycles. The van der Waals surface area contributed by atoms with Crippen molar-refractivity contribution in [2.75, 3.05) is 17.7 Å². The van der Waals surface area contributed by atoms with E-state index in [4.69, 9.17) is 5.10 Å². The van der Waals surface area contributed by atoms with E-state index in [1.54, 1.807) is 6.20 Å². The fraction of sp³-hybridized carbons (Fsp3) is 0.417. The number of aryl methyl sites for hydroxylation is 3. The van der Waals surface area contributed by atoms with E-state index in [9.17, 15) is 0 Å². The van der Waals surface area contributed by atoms with Crippen molar-refractivity contribution in [2.45, 2.75) is 59.9 Å². The minimum Gasteiger partial charge on any atom is -0.388 e. The first-order valence-corrected chi connectivity index (χ1v) is 10.1. The first-order chi connectivity index (χ1) is 13.7. The van der Waals surface area contributed by atoms with Crippen LogP contribution in [0.4, 0.5) is 11.5 Å². The van der Waals surface area contributed by atoms with E-state index in [1.165, 1.54) is 11.1 Å². The molecule has 0 fully saturated rings. The maximum Gasteiger partial charge on any atom is 0.133 e. The summed E-state index contributed by atoms with van der Waals surface area (Å²) in [5, 5.41) is 11.5. The van der Waals surface area contributed by atoms with Gasteiger partial charge >= 0.3 is 0 Å². The maximum atomic E-state index is 4.90. The van der Waals surface area contributed by atoms with Gasteiger partial charge in [-0.05, 0) is 83.2 Å². The standard InChI is InChI=1S/C24H35N5/c1-9-14-26-23(17(2)3)27-22-16-21(28-29(22)24(5,6)7)13-11-19-15-20(25-8)12-10-18(19)4/h9-10,12,14-16,25H,2,11,13H2,1,3-8H3,(H,26,27)/b14-9-. The van der Waals surface area contributed by atoms with Crippen molar-refractivity contribution in [3.8, 4) is 0 Å². The quantitative estimate of drug-likeness (QED) is 0.469. The summed E-state index contributed by atoms with van der Waals surface area (Å²) in [7, 11) is 1.95. The number of rotatable bonds is 7. The summed E-state index contributed by atoms with van der Waals surface area (Å²) >= 11 is 0. The van der Waals surface area contributed by atoms with Gasteiger partial charge in [0.1, 0.15) is 11.7 Å². The van der Waals surface area contributed by atoms with Crippen LogP contribution in [0, 0.1) is 6.92 Å². The summed E-state index contributed by atoms with van der Waals surface area (Å²) < 4.78 is 2.04. The third-order valence-corrected chi connectivity index (χ3v) is 4.69. The molecule has 2 rings (SSSR count). The smallest absolute Gasteiger partial charge is 0.133 e. The Bertz CT molecular complexity index is 910. The number of hydrogen-bond donors (Lipinski definition) is 2. The van der Waals surface area contributed by atoms with Crippen molar-refractivity contribution in [2.24, 2.45) is 4.99 Å². The lowest BCUT2D eigenvalue weighted by molar-refractivity contribution is 0.359. The highest BCUT2D eigenvalue weighted by Gasteiger charge is 2.20. The molecule has 0 aliphatic rings. The van der Waals surface area contributed by atoms with Gasteiger partial charge in [-0.3, -0.25) is 0 Å². The largest absolute Gasteiger partial charge is 0.388 e. The molecule has 29 heavy (non-hydrogen) atoms. The van der Waals surface area contributed by atoms with Gasteiger partial charge < -0.3 is 10.6 Å². The van der Waals surface area contributed by atoms with Gasteiger partial charge in [0.15, 0.2) is 0 Å². The number of nitrogens with zero attached hydrogens (tertiary/aromatic N) is 3. The Labute approximate surface area is 175 Å². The van der Waals surface area contributed by atoms with E-state index >= 15 is 0 Å². The SMILES string of the molecule is C=C(C)C(=N/C=C\C)Nc1cc(CCc2cc(NC)ccc2C)nn1C(C)(C)C. The molecule has 0 atom stereocenters. The zero-order valence-electron chi connectivity index (χ0n) is 18.9. The molecule has 0 aliphatic heterocycles. The minimum atomic E-state index is -0.149. The van der Waals surface area contributed by atoms with Crippen LogP contribution in [0.3, 0.4) is 0 Å². The molecular weight excluding hydrogens is 358 g/mol. The molecule has 2 aromatic rings. The zero-order chi connectivity index (χ0) is 21.6. The predicted octanol–water partition coefficient (Wildman–Crippen LogP) is 5.69. The van der Waals surface area contributed by atoms with Crippen LogP contribution in [0.5, 0.6) is 0 Å². The molecule has 0 unspecified atom stereocenters. The monoisotopic (exact) mass is 393 g/mol. The Morgan fingerprint density at radius 3 is 2.55 bits per heavy atom. The highest BCUT2D eigenvalue weighted by atomic mass is 15.4. The summed E-state index contributed by atoms with van der Waals surface area (Å²) in [5.41, 5.74) is 5.58. The Balaban J connectivity index is 2.30. The molecule has 0 saturated carbocycles. The fourth-order valence-corrected chi connectivity index (χ4v) is 3.03. The number of benzene rings is 1.